The molecule has 0 aromatic carbocycles. The van der Waals surface area contributed by atoms with E-state index in [2.05, 4.69) is 5.18 Å². The summed E-state index contributed by atoms with van der Waals surface area (Å²) in [5, 5.41) is 2.57. The van der Waals surface area contributed by atoms with Crippen LogP contribution in [0.25, 0.3) is 6.08 Å². The van der Waals surface area contributed by atoms with Gasteiger partial charge in [-0.25, -0.2) is 0 Å². The highest BCUT2D eigenvalue weighted by atomic mass is 35.5. The third-order valence-electron chi connectivity index (χ3n) is 1.11. The second-order valence-corrected chi connectivity index (χ2v) is 3.71. The maximum absolute atomic E-state index is 9.87. The molecule has 4 heteroatoms. The topological polar surface area (TPSA) is 29.4 Å². The molecule has 2 nitrogen and oxygen atoms in total. The molecule has 58 valence electrons. The van der Waals surface area contributed by atoms with Crippen molar-refractivity contribution in [1.82, 2.24) is 0 Å². The Balaban J connectivity index is 2.86. The molecule has 0 spiro atoms. The van der Waals surface area contributed by atoms with Crippen molar-refractivity contribution >= 4 is 29.0 Å². The van der Waals surface area contributed by atoms with E-state index < -0.39 is 0 Å². The Kier molecular flexibility index (Phi) is 2.79. The number of rotatable bonds is 2. The molecule has 0 atom stereocenters. The van der Waals surface area contributed by atoms with Gasteiger partial charge in [-0.2, -0.15) is 0 Å². The van der Waals surface area contributed by atoms with Gasteiger partial charge in [0.1, 0.15) is 0 Å². The van der Waals surface area contributed by atoms with Crippen LogP contribution >= 0.6 is 22.9 Å². The minimum atomic E-state index is -0.00755. The summed E-state index contributed by atoms with van der Waals surface area (Å²) in [6.07, 6.45) is 1.55. The summed E-state index contributed by atoms with van der Waals surface area (Å²) in [5.41, 5.74) is 0. The molecule has 0 radical (unpaired) electrons. The van der Waals surface area contributed by atoms with E-state index in [1.54, 1.807) is 17.4 Å². The molecule has 0 unspecified atom stereocenters. The van der Waals surface area contributed by atoms with Crippen LogP contribution in [0.5, 0.6) is 0 Å². The lowest BCUT2D eigenvalue weighted by Crippen LogP contribution is -1.60. The molecule has 0 aliphatic rings. The van der Waals surface area contributed by atoms with Crippen molar-refractivity contribution < 1.29 is 0 Å². The molecule has 0 bridgehead atoms. The fourth-order valence-corrected chi connectivity index (χ4v) is 1.67. The average molecular weight is 188 g/mol. The lowest BCUT2D eigenvalue weighted by atomic mass is 10.4. The molecule has 1 aromatic heterocycles. The summed E-state index contributed by atoms with van der Waals surface area (Å²) < 4.78 is 0. The third kappa shape index (κ3) is 2.44. The maximum atomic E-state index is 9.87. The van der Waals surface area contributed by atoms with E-state index in [0.717, 1.165) is 4.88 Å². The van der Waals surface area contributed by atoms with Gasteiger partial charge in [-0.3, -0.25) is 0 Å². The number of thiophene rings is 1. The molecule has 0 saturated heterocycles. The fraction of sp³-hybridized carbons (Fsp3) is 0.143. The van der Waals surface area contributed by atoms with Crippen molar-refractivity contribution in [3.8, 4) is 0 Å². The van der Waals surface area contributed by atoms with Gasteiger partial charge in [0.05, 0.1) is 0 Å². The SMILES string of the molecule is Cc1ccc(/C=C(\Cl)N=O)s1. The van der Waals surface area contributed by atoms with Crippen molar-refractivity contribution in [3.05, 3.63) is 32.0 Å². The van der Waals surface area contributed by atoms with Gasteiger partial charge >= 0.3 is 0 Å². The Morgan fingerprint density at radius 3 is 2.91 bits per heavy atom. The molecule has 1 rings (SSSR count). The first-order valence-electron chi connectivity index (χ1n) is 2.99. The summed E-state index contributed by atoms with van der Waals surface area (Å²) in [6.45, 7) is 1.99. The first kappa shape index (κ1) is 8.43. The molecule has 0 aliphatic heterocycles. The van der Waals surface area contributed by atoms with Crippen molar-refractivity contribution in [2.24, 2.45) is 5.18 Å². The van der Waals surface area contributed by atoms with Crippen molar-refractivity contribution in [3.63, 3.8) is 0 Å². The lowest BCUT2D eigenvalue weighted by Gasteiger charge is -1.81. The van der Waals surface area contributed by atoms with Gasteiger partial charge in [0.2, 0.25) is 0 Å². The van der Waals surface area contributed by atoms with Crippen LogP contribution < -0.4 is 0 Å². The normalized spacial score (nSPS) is 11.6. The molecule has 11 heavy (non-hydrogen) atoms. The molecule has 0 aliphatic carbocycles. The van der Waals surface area contributed by atoms with E-state index in [-0.39, 0.29) is 5.16 Å². The summed E-state index contributed by atoms with van der Waals surface area (Å²) in [7, 11) is 0. The highest BCUT2D eigenvalue weighted by Gasteiger charge is 1.94. The second-order valence-electron chi connectivity index (χ2n) is 2.01. The van der Waals surface area contributed by atoms with Crippen LogP contribution in [0, 0.1) is 11.8 Å². The highest BCUT2D eigenvalue weighted by Crippen LogP contribution is 2.19. The highest BCUT2D eigenvalue weighted by molar-refractivity contribution is 7.12. The largest absolute Gasteiger partial charge is 0.174 e. The predicted molar refractivity (Wildman–Crippen MR) is 48.7 cm³/mol. The third-order valence-corrected chi connectivity index (χ3v) is 2.24. The summed E-state index contributed by atoms with van der Waals surface area (Å²) in [4.78, 5) is 12.0. The Labute approximate surface area is 73.5 Å². The Morgan fingerprint density at radius 2 is 2.45 bits per heavy atom. The van der Waals surface area contributed by atoms with Crippen molar-refractivity contribution in [1.29, 1.82) is 0 Å². The number of aryl methyl sites for hydroxylation is 1. The van der Waals surface area contributed by atoms with Crippen LogP contribution in [0.3, 0.4) is 0 Å². The number of hydrogen-bond donors (Lipinski definition) is 0. The van der Waals surface area contributed by atoms with Gasteiger partial charge in [0.15, 0.2) is 5.16 Å². The van der Waals surface area contributed by atoms with E-state index in [9.17, 15) is 4.91 Å². The predicted octanol–water partition coefficient (Wildman–Crippen LogP) is 3.36. The first-order valence-corrected chi connectivity index (χ1v) is 4.19. The molecular weight excluding hydrogens is 182 g/mol. The molecule has 0 saturated carbocycles. The van der Waals surface area contributed by atoms with Gasteiger partial charge in [-0.15, -0.1) is 16.2 Å². The Hall–Kier alpha value is -0.670. The van der Waals surface area contributed by atoms with Crippen LogP contribution in [-0.2, 0) is 0 Å². The Morgan fingerprint density at radius 1 is 1.73 bits per heavy atom. The molecule has 1 aromatic rings. The summed E-state index contributed by atoms with van der Waals surface area (Å²) in [6, 6.07) is 3.86. The lowest BCUT2D eigenvalue weighted by molar-refractivity contribution is 1.51. The smallest absolute Gasteiger partial charge is 0.144 e. The standard InChI is InChI=1S/C7H6ClNOS/c1-5-2-3-6(11-5)4-7(8)9-10/h2-4H,1H3/b7-4+. The van der Waals surface area contributed by atoms with E-state index in [1.807, 2.05) is 19.1 Å². The van der Waals surface area contributed by atoms with Gasteiger partial charge in [0, 0.05) is 9.75 Å². The van der Waals surface area contributed by atoms with Crippen LogP contribution in [-0.4, -0.2) is 0 Å². The van der Waals surface area contributed by atoms with Gasteiger partial charge in [-0.1, -0.05) is 11.6 Å². The first-order chi connectivity index (χ1) is 5.22. The zero-order valence-corrected chi connectivity index (χ0v) is 7.45. The van der Waals surface area contributed by atoms with E-state index >= 15 is 0 Å². The number of nitrogens with zero attached hydrogens (tertiary/aromatic N) is 1. The maximum Gasteiger partial charge on any atom is 0.174 e. The van der Waals surface area contributed by atoms with Gasteiger partial charge < -0.3 is 0 Å². The van der Waals surface area contributed by atoms with Crippen LogP contribution in [0.4, 0.5) is 0 Å². The monoisotopic (exact) mass is 187 g/mol. The molecule has 1 heterocycles. The number of halogens is 1. The Bertz CT molecular complexity index is 292. The van der Waals surface area contributed by atoms with E-state index in [1.165, 1.54) is 4.88 Å². The van der Waals surface area contributed by atoms with Gasteiger partial charge in [0.25, 0.3) is 0 Å². The molecular formula is C7H6ClNOS. The van der Waals surface area contributed by atoms with Crippen molar-refractivity contribution in [2.75, 3.05) is 0 Å². The van der Waals surface area contributed by atoms with Crippen LogP contribution in [0.1, 0.15) is 9.75 Å². The second kappa shape index (κ2) is 3.64. The summed E-state index contributed by atoms with van der Waals surface area (Å²) >= 11 is 6.97. The zero-order chi connectivity index (χ0) is 8.27. The van der Waals surface area contributed by atoms with Crippen LogP contribution in [0.15, 0.2) is 22.5 Å². The van der Waals surface area contributed by atoms with Crippen molar-refractivity contribution in [2.45, 2.75) is 6.92 Å². The molecule has 0 fully saturated rings. The molecule has 0 N–H and O–H groups in total. The fourth-order valence-electron chi connectivity index (χ4n) is 0.675. The van der Waals surface area contributed by atoms with Crippen LogP contribution in [0.2, 0.25) is 0 Å². The quantitative estimate of drug-likeness (QED) is 0.516. The molecule has 0 amide bonds. The van der Waals surface area contributed by atoms with Gasteiger partial charge in [-0.05, 0) is 30.3 Å². The van der Waals surface area contributed by atoms with E-state index in [0.29, 0.717) is 0 Å². The zero-order valence-electron chi connectivity index (χ0n) is 5.87. The average Bonchev–Trinajstić information content (AvgIpc) is 2.35. The van der Waals surface area contributed by atoms with E-state index in [4.69, 9.17) is 11.6 Å². The number of hydrogen-bond acceptors (Lipinski definition) is 3. The minimum absolute atomic E-state index is 0.00755. The number of nitroso groups, excluding NO2 is 1. The summed E-state index contributed by atoms with van der Waals surface area (Å²) in [5.74, 6) is 0. The minimum Gasteiger partial charge on any atom is -0.144 e.